The van der Waals surface area contributed by atoms with Gasteiger partial charge in [-0.1, -0.05) is 18.6 Å². The van der Waals surface area contributed by atoms with Crippen LogP contribution >= 0.6 is 0 Å². The van der Waals surface area contributed by atoms with E-state index in [2.05, 4.69) is 41.2 Å². The van der Waals surface area contributed by atoms with Crippen LogP contribution in [0.3, 0.4) is 0 Å². The van der Waals surface area contributed by atoms with E-state index in [9.17, 15) is 9.59 Å². The number of carbonyl (C=O) groups excluding carboxylic acids is 2. The zero-order valence-corrected chi connectivity index (χ0v) is 27.0. The van der Waals surface area contributed by atoms with E-state index in [4.69, 9.17) is 10.5 Å². The summed E-state index contributed by atoms with van der Waals surface area (Å²) >= 11 is 0. The van der Waals surface area contributed by atoms with Gasteiger partial charge in [0.2, 0.25) is 0 Å². The fraction of sp³-hybridized carbons (Fsp3) is 0.486. The molecule has 2 atom stereocenters. The topological polar surface area (TPSA) is 101 Å². The quantitative estimate of drug-likeness (QED) is 0.328. The van der Waals surface area contributed by atoms with Gasteiger partial charge in [0.05, 0.1) is 12.2 Å². The number of hydrogen-bond acceptors (Lipinski definition) is 6. The number of nitrogens with one attached hydrogen (secondary N) is 1. The number of aromatic nitrogens is 1. The molecule has 2 aromatic carbocycles. The predicted octanol–water partition coefficient (Wildman–Crippen LogP) is 5.93. The molecular formula is C37H47N5O3. The minimum Gasteiger partial charge on any atom is -0.493 e. The van der Waals surface area contributed by atoms with E-state index in [0.29, 0.717) is 23.8 Å². The third-order valence-electron chi connectivity index (χ3n) is 10.3. The number of piperidine rings is 1. The maximum absolute atomic E-state index is 13.6. The molecule has 3 fully saturated rings. The highest BCUT2D eigenvalue weighted by Crippen LogP contribution is 2.30. The predicted molar refractivity (Wildman–Crippen MR) is 179 cm³/mol. The lowest BCUT2D eigenvalue weighted by atomic mass is 9.96. The highest BCUT2D eigenvalue weighted by Gasteiger charge is 2.31. The van der Waals surface area contributed by atoms with E-state index < -0.39 is 0 Å². The van der Waals surface area contributed by atoms with Crippen LogP contribution in [0.4, 0.5) is 5.82 Å². The Labute approximate surface area is 267 Å². The lowest BCUT2D eigenvalue weighted by Gasteiger charge is -2.36. The monoisotopic (exact) mass is 609 g/mol. The van der Waals surface area contributed by atoms with Crippen molar-refractivity contribution in [1.82, 2.24) is 20.1 Å². The van der Waals surface area contributed by atoms with E-state index in [0.717, 1.165) is 67.6 Å². The molecule has 3 aliphatic rings. The second kappa shape index (κ2) is 13.6. The number of ether oxygens (including phenoxy) is 1. The number of nitrogens with two attached hydrogens (primary N) is 1. The highest BCUT2D eigenvalue weighted by atomic mass is 16.5. The Bertz CT molecular complexity index is 1540. The number of nitrogens with zero attached hydrogens (tertiary/aromatic N) is 3. The summed E-state index contributed by atoms with van der Waals surface area (Å²) in [5.41, 5.74) is 12.4. The van der Waals surface area contributed by atoms with Crippen LogP contribution in [-0.2, 0) is 0 Å². The van der Waals surface area contributed by atoms with Crippen LogP contribution in [0, 0.1) is 26.7 Å². The average Bonchev–Trinajstić information content (AvgIpc) is 3.75. The molecule has 1 aliphatic carbocycles. The number of benzene rings is 2. The molecule has 0 radical (unpaired) electrons. The zero-order valence-electron chi connectivity index (χ0n) is 27.0. The second-order valence-corrected chi connectivity index (χ2v) is 13.3. The standard InChI is InChI=1S/C37H47N5O3/c1-24-10-12-31(19-26(24)3)45-23-28-7-6-8-34(28)40-36(43)33-21-29(22-39-35(33)38)32-20-27(11-9-25(32)2)37(44)42-17-13-30(14-18-42)41-15-4-5-16-41/h9-12,19-22,28,30,34H,4-8,13-18,23H2,1-3H3,(H2,38,39)(H,40,43)/t28-,34+/m1/s1. The summed E-state index contributed by atoms with van der Waals surface area (Å²) in [6.07, 6.45) is 9.28. The number of pyridine rings is 1. The molecule has 1 aromatic heterocycles. The number of amides is 2. The summed E-state index contributed by atoms with van der Waals surface area (Å²) in [5.74, 6) is 1.11. The molecular weight excluding hydrogens is 562 g/mol. The Kier molecular flexibility index (Phi) is 9.40. The first-order valence-electron chi connectivity index (χ1n) is 16.7. The third-order valence-corrected chi connectivity index (χ3v) is 10.3. The molecule has 3 N–H and O–H groups in total. The highest BCUT2D eigenvalue weighted by molar-refractivity contribution is 6.00. The summed E-state index contributed by atoms with van der Waals surface area (Å²) in [6.45, 7) is 10.7. The second-order valence-electron chi connectivity index (χ2n) is 13.3. The van der Waals surface area contributed by atoms with E-state index in [1.165, 1.54) is 37.1 Å². The number of hydrogen-bond donors (Lipinski definition) is 2. The van der Waals surface area contributed by atoms with Crippen molar-refractivity contribution in [2.45, 2.75) is 77.8 Å². The van der Waals surface area contributed by atoms with Gasteiger partial charge in [-0.05, 0) is 125 Å². The SMILES string of the molecule is Cc1ccc(OC[C@H]2CCC[C@@H]2NC(=O)c2cc(-c3cc(C(=O)N4CCC(N5CCCC5)CC4)ccc3C)cnc2N)cc1C. The van der Waals surface area contributed by atoms with Crippen molar-refractivity contribution in [3.05, 3.63) is 76.5 Å². The summed E-state index contributed by atoms with van der Waals surface area (Å²) in [6, 6.07) is 14.4. The molecule has 2 amide bonds. The summed E-state index contributed by atoms with van der Waals surface area (Å²) in [5, 5.41) is 3.23. The lowest BCUT2D eigenvalue weighted by molar-refractivity contribution is 0.0644. The minimum atomic E-state index is -0.226. The maximum Gasteiger partial charge on any atom is 0.255 e. The maximum atomic E-state index is 13.6. The molecule has 238 valence electrons. The molecule has 3 aromatic rings. The average molecular weight is 610 g/mol. The Morgan fingerprint density at radius 2 is 1.64 bits per heavy atom. The van der Waals surface area contributed by atoms with Crippen molar-refractivity contribution in [3.63, 3.8) is 0 Å². The molecule has 0 unspecified atom stereocenters. The number of nitrogen functional groups attached to an aromatic ring is 1. The van der Waals surface area contributed by atoms with Crippen molar-refractivity contribution in [1.29, 1.82) is 0 Å². The number of rotatable bonds is 8. The van der Waals surface area contributed by atoms with Crippen molar-refractivity contribution in [2.24, 2.45) is 5.92 Å². The molecule has 0 bridgehead atoms. The van der Waals surface area contributed by atoms with Crippen LogP contribution in [0.5, 0.6) is 5.75 Å². The Hall–Kier alpha value is -3.91. The van der Waals surface area contributed by atoms with E-state index in [-0.39, 0.29) is 29.6 Å². The van der Waals surface area contributed by atoms with E-state index in [1.54, 1.807) is 6.20 Å². The normalized spacial score (nSPS) is 20.8. The van der Waals surface area contributed by atoms with Crippen LogP contribution in [0.15, 0.2) is 48.7 Å². The van der Waals surface area contributed by atoms with Gasteiger partial charge in [0.15, 0.2) is 0 Å². The van der Waals surface area contributed by atoms with Crippen LogP contribution in [0.2, 0.25) is 0 Å². The first-order valence-corrected chi connectivity index (χ1v) is 16.7. The first kappa shape index (κ1) is 31.1. The molecule has 2 saturated heterocycles. The van der Waals surface area contributed by atoms with Crippen LogP contribution in [-0.4, -0.2) is 71.5 Å². The van der Waals surface area contributed by atoms with Gasteiger partial charge in [0.1, 0.15) is 11.6 Å². The van der Waals surface area contributed by atoms with Crippen molar-refractivity contribution in [2.75, 3.05) is 38.5 Å². The smallest absolute Gasteiger partial charge is 0.255 e. The number of anilines is 1. The Balaban J connectivity index is 1.12. The molecule has 2 aliphatic heterocycles. The lowest BCUT2D eigenvalue weighted by Crippen LogP contribution is -2.45. The summed E-state index contributed by atoms with van der Waals surface area (Å²) in [4.78, 5) is 36.1. The van der Waals surface area contributed by atoms with Crippen molar-refractivity contribution in [3.8, 4) is 16.9 Å². The third kappa shape index (κ3) is 7.01. The molecule has 6 rings (SSSR count). The first-order chi connectivity index (χ1) is 21.8. The van der Waals surface area contributed by atoms with Gasteiger partial charge in [-0.25, -0.2) is 4.98 Å². The number of likely N-dealkylation sites (tertiary alicyclic amines) is 2. The van der Waals surface area contributed by atoms with Gasteiger partial charge >= 0.3 is 0 Å². The van der Waals surface area contributed by atoms with Crippen LogP contribution in [0.1, 0.15) is 82.4 Å². The van der Waals surface area contributed by atoms with Gasteiger partial charge in [0.25, 0.3) is 11.8 Å². The van der Waals surface area contributed by atoms with E-state index >= 15 is 0 Å². The van der Waals surface area contributed by atoms with Crippen molar-refractivity contribution < 1.29 is 14.3 Å². The molecule has 0 spiro atoms. The Morgan fingerprint density at radius 1 is 0.889 bits per heavy atom. The molecule has 1 saturated carbocycles. The fourth-order valence-electron chi connectivity index (χ4n) is 7.27. The van der Waals surface area contributed by atoms with Crippen LogP contribution < -0.4 is 15.8 Å². The van der Waals surface area contributed by atoms with E-state index in [1.807, 2.05) is 42.2 Å². The summed E-state index contributed by atoms with van der Waals surface area (Å²) < 4.78 is 6.14. The van der Waals surface area contributed by atoms with Crippen molar-refractivity contribution >= 4 is 17.6 Å². The molecule has 8 nitrogen and oxygen atoms in total. The number of carbonyl (C=O) groups is 2. The zero-order chi connectivity index (χ0) is 31.5. The molecule has 45 heavy (non-hydrogen) atoms. The largest absolute Gasteiger partial charge is 0.493 e. The molecule has 3 heterocycles. The fourth-order valence-corrected chi connectivity index (χ4v) is 7.27. The van der Waals surface area contributed by atoms with Crippen LogP contribution in [0.25, 0.3) is 11.1 Å². The Morgan fingerprint density at radius 3 is 2.40 bits per heavy atom. The van der Waals surface area contributed by atoms with Gasteiger partial charge in [-0.2, -0.15) is 0 Å². The van der Waals surface area contributed by atoms with Gasteiger partial charge in [0, 0.05) is 48.4 Å². The number of aryl methyl sites for hydroxylation is 3. The van der Waals surface area contributed by atoms with Gasteiger partial charge < -0.3 is 25.6 Å². The molecule has 8 heteroatoms. The van der Waals surface area contributed by atoms with Gasteiger partial charge in [-0.3, -0.25) is 9.59 Å². The minimum absolute atomic E-state index is 0.00407. The van der Waals surface area contributed by atoms with Gasteiger partial charge in [-0.15, -0.1) is 0 Å². The summed E-state index contributed by atoms with van der Waals surface area (Å²) in [7, 11) is 0.